The van der Waals surface area contributed by atoms with E-state index < -0.39 is 0 Å². The van der Waals surface area contributed by atoms with Gasteiger partial charge in [0, 0.05) is 135 Å². The van der Waals surface area contributed by atoms with E-state index in [-0.39, 0.29) is 73.0 Å². The second-order valence-corrected chi connectivity index (χ2v) is 22.5. The Morgan fingerprint density at radius 3 is 0.699 bits per heavy atom. The minimum absolute atomic E-state index is 0.0000958. The second-order valence-electron chi connectivity index (χ2n) is 22.5. The molecule has 0 saturated heterocycles. The van der Waals surface area contributed by atoms with E-state index >= 15 is 0 Å². The molecule has 0 N–H and O–H groups in total. The van der Waals surface area contributed by atoms with Crippen molar-refractivity contribution < 1.29 is 85.4 Å². The average Bonchev–Trinajstić information content (AvgIpc) is 3.45. The molecule has 10 atom stereocenters. The lowest BCUT2D eigenvalue weighted by Gasteiger charge is -2.30. The van der Waals surface area contributed by atoms with Crippen LogP contribution in [0.25, 0.3) is 0 Å². The van der Waals surface area contributed by atoms with Crippen LogP contribution in [0.5, 0.6) is 0 Å². The van der Waals surface area contributed by atoms with E-state index in [1.165, 1.54) is 13.8 Å². The number of ether oxygens (including phenoxy) is 16. The first kappa shape index (κ1) is 81.4. The minimum atomic E-state index is -0.274. The number of unbranched alkanes of at least 4 members (excludes halogenated alkanes) is 8. The fourth-order valence-electron chi connectivity index (χ4n) is 9.40. The molecule has 0 radical (unpaired) electrons. The molecule has 0 aliphatic heterocycles. The van der Waals surface area contributed by atoms with Gasteiger partial charge in [-0.15, -0.1) is 0 Å². The van der Waals surface area contributed by atoms with Crippen LogP contribution in [0.3, 0.4) is 0 Å². The Labute approximate surface area is 506 Å². The summed E-state index contributed by atoms with van der Waals surface area (Å²) in [5.74, 6) is -0.534. The fraction of sp³-hybridized carbons (Fsp3) is 0.969. The zero-order chi connectivity index (χ0) is 61.2. The third-order valence-corrected chi connectivity index (χ3v) is 14.4. The number of carbonyl (C=O) groups excluding carboxylic acids is 2. The highest BCUT2D eigenvalue weighted by Crippen LogP contribution is 2.25. The van der Waals surface area contributed by atoms with Crippen LogP contribution >= 0.6 is 0 Å². The Kier molecular flexibility index (Phi) is 59.5. The standard InChI is InChI=1S/C65H128O18/c1-13-54(3)72-35-24-27-43-80-61(48-56(5)75-38-23-25-39-76-58(7)66)51-62(47-55(4)73-36-19-15-31-68-9)81-44-29-30-46-82-64(50-60(14-2)78-41-21-17-33-70-11)53-65(83-45-28-26-40-77-59(8)67)52-63(79-42-22-18-34-71-12)49-57(6)74-37-20-16-32-69-10/h54-57,60-65H,13-53H2,1-12H3. The number of carbonyl (C=O) groups is 2. The van der Waals surface area contributed by atoms with Gasteiger partial charge in [0.15, 0.2) is 0 Å². The summed E-state index contributed by atoms with van der Waals surface area (Å²) in [5.41, 5.74) is 0. The molecule has 0 saturated carbocycles. The van der Waals surface area contributed by atoms with Crippen molar-refractivity contribution in [1.82, 2.24) is 0 Å². The smallest absolute Gasteiger partial charge is 0.302 e. The van der Waals surface area contributed by atoms with Gasteiger partial charge in [0.1, 0.15) is 0 Å². The van der Waals surface area contributed by atoms with Gasteiger partial charge < -0.3 is 75.8 Å². The van der Waals surface area contributed by atoms with Crippen LogP contribution in [0, 0.1) is 0 Å². The maximum Gasteiger partial charge on any atom is 0.302 e. The Hall–Kier alpha value is -1.62. The van der Waals surface area contributed by atoms with Gasteiger partial charge in [-0.1, -0.05) is 13.8 Å². The van der Waals surface area contributed by atoms with Crippen molar-refractivity contribution in [2.75, 3.05) is 134 Å². The van der Waals surface area contributed by atoms with E-state index in [1.54, 1.807) is 28.4 Å². The summed E-state index contributed by atoms with van der Waals surface area (Å²) in [7, 11) is 6.93. The predicted octanol–water partition coefficient (Wildman–Crippen LogP) is 12.4. The lowest BCUT2D eigenvalue weighted by Crippen LogP contribution is -2.33. The van der Waals surface area contributed by atoms with Gasteiger partial charge in [-0.3, -0.25) is 9.59 Å². The van der Waals surface area contributed by atoms with Crippen LogP contribution in [-0.4, -0.2) is 207 Å². The van der Waals surface area contributed by atoms with Gasteiger partial charge in [0.25, 0.3) is 0 Å². The SMILES string of the molecule is CCC(C)OCCCCOC(CC(C)OCCCCOC(C)=O)CC(CC(C)OCCCCOC)OCCCCOC(CC(CC)OCCCCOC)CC(CC(CC(C)OCCCCOC)OCCCCOC)OCCCCOC(C)=O. The fourth-order valence-corrected chi connectivity index (χ4v) is 9.40. The zero-order valence-electron chi connectivity index (χ0n) is 55.1. The van der Waals surface area contributed by atoms with Crippen molar-refractivity contribution in [2.45, 2.75) is 277 Å². The molecule has 0 aromatic heterocycles. The van der Waals surface area contributed by atoms with Gasteiger partial charge in [0.2, 0.25) is 0 Å². The van der Waals surface area contributed by atoms with Crippen LogP contribution in [0.2, 0.25) is 0 Å². The molecule has 18 heteroatoms. The maximum absolute atomic E-state index is 11.5. The summed E-state index contributed by atoms with van der Waals surface area (Å²) < 4.78 is 96.9. The molecule has 0 fully saturated rings. The van der Waals surface area contributed by atoms with E-state index in [0.717, 1.165) is 161 Å². The summed E-state index contributed by atoms with van der Waals surface area (Å²) in [6.07, 6.45) is 20.6. The van der Waals surface area contributed by atoms with Crippen molar-refractivity contribution in [2.24, 2.45) is 0 Å². The van der Waals surface area contributed by atoms with Gasteiger partial charge in [-0.2, -0.15) is 0 Å². The second kappa shape index (κ2) is 60.7. The largest absolute Gasteiger partial charge is 0.466 e. The zero-order valence-corrected chi connectivity index (χ0v) is 55.1. The Morgan fingerprint density at radius 2 is 0.458 bits per heavy atom. The predicted molar refractivity (Wildman–Crippen MR) is 328 cm³/mol. The van der Waals surface area contributed by atoms with Crippen molar-refractivity contribution in [1.29, 1.82) is 0 Å². The van der Waals surface area contributed by atoms with Crippen LogP contribution in [0.15, 0.2) is 0 Å². The van der Waals surface area contributed by atoms with E-state index in [9.17, 15) is 9.59 Å². The maximum atomic E-state index is 11.5. The number of hydrogen-bond acceptors (Lipinski definition) is 18. The molecule has 0 amide bonds. The molecule has 0 spiro atoms. The molecule has 0 heterocycles. The van der Waals surface area contributed by atoms with E-state index in [2.05, 4.69) is 41.5 Å². The van der Waals surface area contributed by atoms with Crippen LogP contribution in [0.1, 0.15) is 216 Å². The Morgan fingerprint density at radius 1 is 0.253 bits per heavy atom. The Bertz CT molecular complexity index is 1370. The molecule has 10 unspecified atom stereocenters. The van der Waals surface area contributed by atoms with Crippen molar-refractivity contribution in [3.05, 3.63) is 0 Å². The van der Waals surface area contributed by atoms with Gasteiger partial charge >= 0.3 is 11.9 Å². The molecule has 0 aromatic carbocycles. The molecule has 496 valence electrons. The highest BCUT2D eigenvalue weighted by molar-refractivity contribution is 5.66. The van der Waals surface area contributed by atoms with E-state index in [1.807, 2.05) is 0 Å². The summed E-state index contributed by atoms with van der Waals surface area (Å²) in [6.45, 7) is 25.6. The quantitative estimate of drug-likeness (QED) is 0.0414. The van der Waals surface area contributed by atoms with Crippen LogP contribution in [-0.2, 0) is 85.4 Å². The lowest BCUT2D eigenvalue weighted by molar-refractivity contribution is -0.142. The van der Waals surface area contributed by atoms with Crippen LogP contribution < -0.4 is 0 Å². The average molecular weight is 1200 g/mol. The third kappa shape index (κ3) is 55.4. The molecule has 0 aliphatic carbocycles. The minimum Gasteiger partial charge on any atom is -0.466 e. The van der Waals surface area contributed by atoms with Crippen molar-refractivity contribution in [3.63, 3.8) is 0 Å². The number of methoxy groups -OCH3 is 4. The van der Waals surface area contributed by atoms with Gasteiger partial charge in [-0.05, 0) is 188 Å². The first-order chi connectivity index (χ1) is 40.3. The first-order valence-electron chi connectivity index (χ1n) is 32.7. The highest BCUT2D eigenvalue weighted by atomic mass is 16.5. The summed E-state index contributed by atoms with van der Waals surface area (Å²) in [4.78, 5) is 22.8. The summed E-state index contributed by atoms with van der Waals surface area (Å²) in [5, 5.41) is 0. The topological polar surface area (TPSA) is 182 Å². The molecular formula is C65H128O18. The first-order valence-corrected chi connectivity index (χ1v) is 32.7. The molecule has 83 heavy (non-hydrogen) atoms. The summed E-state index contributed by atoms with van der Waals surface area (Å²) >= 11 is 0. The van der Waals surface area contributed by atoms with Crippen molar-refractivity contribution >= 4 is 11.9 Å². The molecule has 0 aromatic rings. The van der Waals surface area contributed by atoms with Crippen molar-refractivity contribution in [3.8, 4) is 0 Å². The Balaban J connectivity index is 6.47. The van der Waals surface area contributed by atoms with E-state index in [0.29, 0.717) is 105 Å². The number of hydrogen-bond donors (Lipinski definition) is 0. The molecule has 18 nitrogen and oxygen atoms in total. The lowest BCUT2D eigenvalue weighted by atomic mass is 9.97. The highest BCUT2D eigenvalue weighted by Gasteiger charge is 2.27. The number of rotatable bonds is 66. The van der Waals surface area contributed by atoms with Gasteiger partial charge in [0.05, 0.1) is 74.3 Å². The number of esters is 2. The summed E-state index contributed by atoms with van der Waals surface area (Å²) in [6, 6.07) is 0. The van der Waals surface area contributed by atoms with E-state index in [4.69, 9.17) is 75.8 Å². The third-order valence-electron chi connectivity index (χ3n) is 14.4. The monoisotopic (exact) mass is 1200 g/mol. The normalized spacial score (nSPS) is 15.6. The molecular weight excluding hydrogens is 1070 g/mol. The molecule has 0 aliphatic rings. The molecule has 0 bridgehead atoms. The van der Waals surface area contributed by atoms with Gasteiger partial charge in [-0.25, -0.2) is 0 Å². The van der Waals surface area contributed by atoms with Crippen LogP contribution in [0.4, 0.5) is 0 Å². The molecule has 0 rings (SSSR count).